The van der Waals surface area contributed by atoms with Gasteiger partial charge in [-0.2, -0.15) is 0 Å². The molecule has 3 rings (SSSR count). The van der Waals surface area contributed by atoms with Crippen molar-refractivity contribution < 1.29 is 9.59 Å². The van der Waals surface area contributed by atoms with E-state index >= 15 is 0 Å². The maximum Gasteiger partial charge on any atom is 0.180 e. The third-order valence-corrected chi connectivity index (χ3v) is 3.77. The molecule has 1 aliphatic rings. The molecule has 3 nitrogen and oxygen atoms in total. The third kappa shape index (κ3) is 1.83. The number of carbonyl (C=O) groups is 2. The topological polar surface area (TPSA) is 47.0 Å². The van der Waals surface area contributed by atoms with E-state index in [0.717, 1.165) is 10.0 Å². The van der Waals surface area contributed by atoms with Crippen LogP contribution in [0.2, 0.25) is 0 Å². The van der Waals surface area contributed by atoms with Gasteiger partial charge < -0.3 is 0 Å². The van der Waals surface area contributed by atoms with Gasteiger partial charge in [-0.3, -0.25) is 14.6 Å². The lowest BCUT2D eigenvalue weighted by Crippen LogP contribution is -2.15. The van der Waals surface area contributed by atoms with Crippen molar-refractivity contribution in [2.45, 2.75) is 12.8 Å². The van der Waals surface area contributed by atoms with E-state index < -0.39 is 5.92 Å². The molecule has 0 unspecified atom stereocenters. The molecule has 0 radical (unpaired) electrons. The second-order valence-electron chi connectivity index (χ2n) is 4.56. The standard InChI is InChI=1S/C15H10BrNO2/c1-8-6-9(16)7-17-13(8)12-14(18)10-4-2-3-5-11(10)15(12)19/h2-7,12H,1H3. The lowest BCUT2D eigenvalue weighted by molar-refractivity contribution is 0.0887. The van der Waals surface area contributed by atoms with E-state index in [1.54, 1.807) is 30.5 Å². The van der Waals surface area contributed by atoms with Crippen LogP contribution in [0.3, 0.4) is 0 Å². The summed E-state index contributed by atoms with van der Waals surface area (Å²) in [5.41, 5.74) is 2.39. The zero-order valence-corrected chi connectivity index (χ0v) is 11.8. The number of aryl methyl sites for hydroxylation is 1. The largest absolute Gasteiger partial charge is 0.293 e. The summed E-state index contributed by atoms with van der Waals surface area (Å²) in [6, 6.07) is 8.81. The van der Waals surface area contributed by atoms with Gasteiger partial charge in [-0.15, -0.1) is 0 Å². The van der Waals surface area contributed by atoms with Gasteiger partial charge in [-0.1, -0.05) is 24.3 Å². The van der Waals surface area contributed by atoms with Gasteiger partial charge in [-0.05, 0) is 34.5 Å². The number of aromatic nitrogens is 1. The average Bonchev–Trinajstić information content (AvgIpc) is 2.64. The van der Waals surface area contributed by atoms with Crippen molar-refractivity contribution >= 4 is 27.5 Å². The number of rotatable bonds is 1. The van der Waals surface area contributed by atoms with E-state index in [1.165, 1.54) is 0 Å². The number of ketones is 2. The van der Waals surface area contributed by atoms with Crippen LogP contribution in [0.4, 0.5) is 0 Å². The molecule has 94 valence electrons. The highest BCUT2D eigenvalue weighted by molar-refractivity contribution is 9.10. The Bertz CT molecular complexity index is 674. The Balaban J connectivity index is 2.14. The maximum absolute atomic E-state index is 12.4. The van der Waals surface area contributed by atoms with E-state index in [9.17, 15) is 9.59 Å². The van der Waals surface area contributed by atoms with Gasteiger partial charge in [0.2, 0.25) is 0 Å². The number of Topliss-reactive ketones (excluding diaryl/α,β-unsaturated/α-hetero) is 2. The van der Waals surface area contributed by atoms with Crippen molar-refractivity contribution in [3.63, 3.8) is 0 Å². The molecular formula is C15H10BrNO2. The van der Waals surface area contributed by atoms with E-state index in [-0.39, 0.29) is 11.6 Å². The predicted octanol–water partition coefficient (Wildman–Crippen LogP) is 3.32. The predicted molar refractivity (Wildman–Crippen MR) is 74.5 cm³/mol. The first kappa shape index (κ1) is 12.2. The molecule has 1 aromatic heterocycles. The van der Waals surface area contributed by atoms with Gasteiger partial charge in [0, 0.05) is 21.8 Å². The van der Waals surface area contributed by atoms with Gasteiger partial charge >= 0.3 is 0 Å². The number of halogens is 1. The van der Waals surface area contributed by atoms with Crippen LogP contribution < -0.4 is 0 Å². The molecule has 0 spiro atoms. The summed E-state index contributed by atoms with van der Waals surface area (Å²) in [5, 5.41) is 0. The zero-order chi connectivity index (χ0) is 13.6. The van der Waals surface area contributed by atoms with Gasteiger partial charge in [0.1, 0.15) is 5.92 Å². The molecule has 0 bridgehead atoms. The molecule has 0 N–H and O–H groups in total. The molecular weight excluding hydrogens is 306 g/mol. The van der Waals surface area contributed by atoms with Crippen LogP contribution in [0.1, 0.15) is 37.9 Å². The first-order chi connectivity index (χ1) is 9.09. The van der Waals surface area contributed by atoms with Gasteiger partial charge in [0.25, 0.3) is 0 Å². The summed E-state index contributed by atoms with van der Waals surface area (Å²) in [5.74, 6) is -1.09. The van der Waals surface area contributed by atoms with Crippen LogP contribution in [-0.4, -0.2) is 16.6 Å². The van der Waals surface area contributed by atoms with Crippen LogP contribution in [0.5, 0.6) is 0 Å². The lowest BCUT2D eigenvalue weighted by Gasteiger charge is -2.09. The van der Waals surface area contributed by atoms with Crippen LogP contribution in [0.25, 0.3) is 0 Å². The molecule has 0 saturated heterocycles. The normalized spacial score (nSPS) is 14.8. The fourth-order valence-electron chi connectivity index (χ4n) is 2.44. The molecule has 1 heterocycles. The van der Waals surface area contributed by atoms with Gasteiger partial charge in [0.05, 0.1) is 5.69 Å². The Kier molecular flexibility index (Phi) is 2.82. The highest BCUT2D eigenvalue weighted by Crippen LogP contribution is 2.34. The number of benzene rings is 1. The molecule has 19 heavy (non-hydrogen) atoms. The summed E-state index contributed by atoms with van der Waals surface area (Å²) in [6.07, 6.45) is 1.62. The van der Waals surface area contributed by atoms with Crippen molar-refractivity contribution in [3.8, 4) is 0 Å². The van der Waals surface area contributed by atoms with E-state index in [4.69, 9.17) is 0 Å². The molecule has 1 aliphatic carbocycles. The van der Waals surface area contributed by atoms with E-state index in [0.29, 0.717) is 16.8 Å². The molecule has 2 aromatic rings. The number of fused-ring (bicyclic) bond motifs is 1. The summed E-state index contributed by atoms with van der Waals surface area (Å²) < 4.78 is 0.837. The summed E-state index contributed by atoms with van der Waals surface area (Å²) in [4.78, 5) is 29.0. The number of carbonyl (C=O) groups excluding carboxylic acids is 2. The Morgan fingerprint density at radius 2 is 1.68 bits per heavy atom. The van der Waals surface area contributed by atoms with Crippen LogP contribution in [0, 0.1) is 6.92 Å². The molecule has 1 aromatic carbocycles. The highest BCUT2D eigenvalue weighted by Gasteiger charge is 2.40. The van der Waals surface area contributed by atoms with Crippen molar-refractivity contribution in [2.75, 3.05) is 0 Å². The van der Waals surface area contributed by atoms with Crippen molar-refractivity contribution in [1.82, 2.24) is 4.98 Å². The minimum Gasteiger partial charge on any atom is -0.293 e. The first-order valence-corrected chi connectivity index (χ1v) is 6.68. The minimum atomic E-state index is -0.787. The molecule has 0 fully saturated rings. The Morgan fingerprint density at radius 1 is 1.11 bits per heavy atom. The monoisotopic (exact) mass is 315 g/mol. The van der Waals surface area contributed by atoms with Crippen molar-refractivity contribution in [1.29, 1.82) is 0 Å². The minimum absolute atomic E-state index is 0.154. The van der Waals surface area contributed by atoms with E-state index in [1.807, 2.05) is 13.0 Å². The van der Waals surface area contributed by atoms with Crippen LogP contribution in [0.15, 0.2) is 41.0 Å². The molecule has 0 atom stereocenters. The highest BCUT2D eigenvalue weighted by atomic mass is 79.9. The Morgan fingerprint density at radius 3 is 2.21 bits per heavy atom. The summed E-state index contributed by atoms with van der Waals surface area (Å²) >= 11 is 3.33. The Labute approximate surface area is 118 Å². The van der Waals surface area contributed by atoms with Crippen LogP contribution in [-0.2, 0) is 0 Å². The van der Waals surface area contributed by atoms with Crippen molar-refractivity contribution in [3.05, 3.63) is 63.4 Å². The quantitative estimate of drug-likeness (QED) is 0.758. The number of pyridine rings is 1. The number of hydrogen-bond acceptors (Lipinski definition) is 3. The molecule has 0 aliphatic heterocycles. The molecule has 0 saturated carbocycles. The maximum atomic E-state index is 12.4. The summed E-state index contributed by atoms with van der Waals surface area (Å²) in [6.45, 7) is 1.86. The van der Waals surface area contributed by atoms with Crippen molar-refractivity contribution in [2.24, 2.45) is 0 Å². The lowest BCUT2D eigenvalue weighted by atomic mass is 9.96. The first-order valence-electron chi connectivity index (χ1n) is 5.89. The Hall–Kier alpha value is -1.81. The fourth-order valence-corrected chi connectivity index (χ4v) is 2.89. The average molecular weight is 316 g/mol. The van der Waals surface area contributed by atoms with Crippen LogP contribution >= 0.6 is 15.9 Å². The second kappa shape index (κ2) is 4.38. The molecule has 4 heteroatoms. The number of hydrogen-bond donors (Lipinski definition) is 0. The molecule has 0 amide bonds. The summed E-state index contributed by atoms with van der Waals surface area (Å²) in [7, 11) is 0. The number of nitrogens with zero attached hydrogens (tertiary/aromatic N) is 1. The second-order valence-corrected chi connectivity index (χ2v) is 5.48. The SMILES string of the molecule is Cc1cc(Br)cnc1C1C(=O)c2ccccc2C1=O. The zero-order valence-electron chi connectivity index (χ0n) is 10.2. The fraction of sp³-hybridized carbons (Fsp3) is 0.133. The van der Waals surface area contributed by atoms with Gasteiger partial charge in [-0.25, -0.2) is 0 Å². The van der Waals surface area contributed by atoms with Gasteiger partial charge in [0.15, 0.2) is 11.6 Å². The van der Waals surface area contributed by atoms with E-state index in [2.05, 4.69) is 20.9 Å². The smallest absolute Gasteiger partial charge is 0.180 e. The third-order valence-electron chi connectivity index (χ3n) is 3.34.